The predicted molar refractivity (Wildman–Crippen MR) is 67.5 cm³/mol. The zero-order valence-electron chi connectivity index (χ0n) is 9.71. The lowest BCUT2D eigenvalue weighted by Crippen LogP contribution is -1.99. The number of aromatic nitrogens is 1. The molecule has 0 aliphatic heterocycles. The second kappa shape index (κ2) is 4.30. The lowest BCUT2D eigenvalue weighted by molar-refractivity contribution is 0.598. The van der Waals surface area contributed by atoms with Gasteiger partial charge in [0.1, 0.15) is 0 Å². The van der Waals surface area contributed by atoms with Crippen molar-refractivity contribution in [2.45, 2.75) is 11.9 Å². The van der Waals surface area contributed by atoms with Gasteiger partial charge >= 0.3 is 0 Å². The lowest BCUT2D eigenvalue weighted by atomic mass is 10.1. The Labute approximate surface area is 101 Å². The molecule has 0 saturated carbocycles. The molecule has 1 heterocycles. The third-order valence-electron chi connectivity index (χ3n) is 2.50. The number of pyridine rings is 1. The second-order valence-electron chi connectivity index (χ2n) is 4.02. The van der Waals surface area contributed by atoms with Gasteiger partial charge in [-0.15, -0.1) is 0 Å². The summed E-state index contributed by atoms with van der Waals surface area (Å²) >= 11 is 0. The van der Waals surface area contributed by atoms with Crippen molar-refractivity contribution in [3.63, 3.8) is 0 Å². The van der Waals surface area contributed by atoms with Gasteiger partial charge in [0.2, 0.25) is 0 Å². The molecule has 0 fully saturated rings. The van der Waals surface area contributed by atoms with Crippen molar-refractivity contribution in [1.29, 1.82) is 0 Å². The molecule has 0 radical (unpaired) electrons. The highest BCUT2D eigenvalue weighted by atomic mass is 32.2. The van der Waals surface area contributed by atoms with E-state index in [2.05, 4.69) is 4.98 Å². The fourth-order valence-electron chi connectivity index (χ4n) is 1.52. The van der Waals surface area contributed by atoms with Crippen LogP contribution in [0.4, 0.5) is 0 Å². The smallest absolute Gasteiger partial charge is 0.192 e. The molecule has 2 aromatic rings. The molecule has 0 saturated heterocycles. The molecule has 1 aromatic carbocycles. The molecule has 0 amide bonds. The van der Waals surface area contributed by atoms with Gasteiger partial charge in [-0.1, -0.05) is 29.8 Å². The molecule has 0 aliphatic carbocycles. The Hall–Kier alpha value is -1.68. The summed E-state index contributed by atoms with van der Waals surface area (Å²) in [6, 6.07) is 11.3. The molecule has 0 aliphatic rings. The largest absolute Gasteiger partial charge is 0.244 e. The van der Waals surface area contributed by atoms with Gasteiger partial charge in [-0.2, -0.15) is 0 Å². The Bertz CT molecular complexity index is 613. The van der Waals surface area contributed by atoms with Crippen molar-refractivity contribution in [3.8, 4) is 11.1 Å². The van der Waals surface area contributed by atoms with E-state index in [0.717, 1.165) is 17.4 Å². The Morgan fingerprint density at radius 2 is 1.53 bits per heavy atom. The molecule has 0 spiro atoms. The van der Waals surface area contributed by atoms with E-state index in [1.165, 1.54) is 11.6 Å². The zero-order valence-corrected chi connectivity index (χ0v) is 10.5. The van der Waals surface area contributed by atoms with Crippen molar-refractivity contribution >= 4 is 9.84 Å². The Kier molecular flexibility index (Phi) is 2.98. The third kappa shape index (κ3) is 2.71. The van der Waals surface area contributed by atoms with Gasteiger partial charge in [0, 0.05) is 18.0 Å². The normalized spacial score (nSPS) is 11.4. The monoisotopic (exact) mass is 247 g/mol. The van der Waals surface area contributed by atoms with Crippen LogP contribution >= 0.6 is 0 Å². The van der Waals surface area contributed by atoms with Crippen molar-refractivity contribution in [2.75, 3.05) is 6.26 Å². The maximum Gasteiger partial charge on any atom is 0.192 e. The molecular weight excluding hydrogens is 234 g/mol. The fraction of sp³-hybridized carbons (Fsp3) is 0.154. The van der Waals surface area contributed by atoms with Gasteiger partial charge in [0.25, 0.3) is 0 Å². The minimum absolute atomic E-state index is 0.105. The molecule has 1 aromatic heterocycles. The summed E-state index contributed by atoms with van der Waals surface area (Å²) in [7, 11) is -3.22. The van der Waals surface area contributed by atoms with E-state index >= 15 is 0 Å². The molecule has 88 valence electrons. The summed E-state index contributed by atoms with van der Waals surface area (Å²) in [4.78, 5) is 3.96. The van der Waals surface area contributed by atoms with Gasteiger partial charge in [0.05, 0.1) is 0 Å². The Morgan fingerprint density at radius 3 is 2.00 bits per heavy atom. The quantitative estimate of drug-likeness (QED) is 0.819. The summed E-state index contributed by atoms with van der Waals surface area (Å²) in [6.45, 7) is 2.02. The van der Waals surface area contributed by atoms with Crippen LogP contribution < -0.4 is 0 Å². The number of hydrogen-bond donors (Lipinski definition) is 0. The molecular formula is C13H13NO2S. The van der Waals surface area contributed by atoms with Crippen LogP contribution in [-0.4, -0.2) is 19.7 Å². The summed E-state index contributed by atoms with van der Waals surface area (Å²) in [5, 5.41) is 0.105. The number of rotatable bonds is 2. The molecule has 0 bridgehead atoms. The molecule has 0 N–H and O–H groups in total. The van der Waals surface area contributed by atoms with Crippen LogP contribution in [0.5, 0.6) is 0 Å². The number of benzene rings is 1. The van der Waals surface area contributed by atoms with E-state index in [1.54, 1.807) is 12.3 Å². The van der Waals surface area contributed by atoms with E-state index in [-0.39, 0.29) is 5.03 Å². The fourth-order valence-corrected chi connectivity index (χ4v) is 2.08. The highest BCUT2D eigenvalue weighted by Gasteiger charge is 2.08. The van der Waals surface area contributed by atoms with E-state index in [4.69, 9.17) is 0 Å². The van der Waals surface area contributed by atoms with Gasteiger partial charge in [-0.3, -0.25) is 0 Å². The first-order chi connectivity index (χ1) is 7.97. The van der Waals surface area contributed by atoms with Crippen molar-refractivity contribution in [1.82, 2.24) is 4.98 Å². The molecule has 3 nitrogen and oxygen atoms in total. The van der Waals surface area contributed by atoms with E-state index in [0.29, 0.717) is 0 Å². The highest BCUT2D eigenvalue weighted by molar-refractivity contribution is 7.90. The van der Waals surface area contributed by atoms with Gasteiger partial charge in [-0.25, -0.2) is 13.4 Å². The lowest BCUT2D eigenvalue weighted by Gasteiger charge is -2.03. The topological polar surface area (TPSA) is 47.0 Å². The van der Waals surface area contributed by atoms with E-state index < -0.39 is 9.84 Å². The minimum Gasteiger partial charge on any atom is -0.244 e. The van der Waals surface area contributed by atoms with Crippen LogP contribution in [0.15, 0.2) is 47.6 Å². The maximum absolute atomic E-state index is 11.3. The number of nitrogens with zero attached hydrogens (tertiary/aromatic N) is 1. The van der Waals surface area contributed by atoms with Gasteiger partial charge in [-0.05, 0) is 24.6 Å². The zero-order chi connectivity index (χ0) is 12.5. The predicted octanol–water partition coefficient (Wildman–Crippen LogP) is 2.46. The molecule has 2 rings (SSSR count). The van der Waals surface area contributed by atoms with Crippen LogP contribution in [0.2, 0.25) is 0 Å². The van der Waals surface area contributed by atoms with Crippen LogP contribution in [0.1, 0.15) is 5.56 Å². The average Bonchev–Trinajstić information content (AvgIpc) is 2.29. The summed E-state index contributed by atoms with van der Waals surface area (Å²) < 4.78 is 22.5. The highest BCUT2D eigenvalue weighted by Crippen LogP contribution is 2.19. The van der Waals surface area contributed by atoms with Crippen LogP contribution in [0.3, 0.4) is 0 Å². The van der Waals surface area contributed by atoms with Gasteiger partial charge in [0.15, 0.2) is 14.9 Å². The maximum atomic E-state index is 11.3. The first-order valence-electron chi connectivity index (χ1n) is 5.20. The number of aryl methyl sites for hydroxylation is 1. The summed E-state index contributed by atoms with van der Waals surface area (Å²) in [6.07, 6.45) is 2.74. The van der Waals surface area contributed by atoms with Crippen molar-refractivity contribution < 1.29 is 8.42 Å². The SMILES string of the molecule is Cc1ccc(-c2ccc(S(C)(=O)=O)nc2)cc1. The molecule has 0 atom stereocenters. The average molecular weight is 247 g/mol. The Balaban J connectivity index is 2.39. The Morgan fingerprint density at radius 1 is 0.941 bits per heavy atom. The van der Waals surface area contributed by atoms with Crippen molar-refractivity contribution in [3.05, 3.63) is 48.2 Å². The summed E-state index contributed by atoms with van der Waals surface area (Å²) in [5.41, 5.74) is 3.13. The minimum atomic E-state index is -3.22. The number of sulfone groups is 1. The van der Waals surface area contributed by atoms with Crippen LogP contribution in [0.25, 0.3) is 11.1 Å². The molecule has 17 heavy (non-hydrogen) atoms. The standard InChI is InChI=1S/C13H13NO2S/c1-10-3-5-11(6-4-10)12-7-8-13(14-9-12)17(2,15)16/h3-9H,1-2H3. The van der Waals surface area contributed by atoms with E-state index in [9.17, 15) is 8.42 Å². The second-order valence-corrected chi connectivity index (χ2v) is 5.99. The first-order valence-corrected chi connectivity index (χ1v) is 7.09. The van der Waals surface area contributed by atoms with Crippen LogP contribution in [0, 0.1) is 6.92 Å². The number of hydrogen-bond acceptors (Lipinski definition) is 3. The molecule has 4 heteroatoms. The van der Waals surface area contributed by atoms with Gasteiger partial charge < -0.3 is 0 Å². The van der Waals surface area contributed by atoms with E-state index in [1.807, 2.05) is 31.2 Å². The summed E-state index contributed by atoms with van der Waals surface area (Å²) in [5.74, 6) is 0. The van der Waals surface area contributed by atoms with Crippen LogP contribution in [-0.2, 0) is 9.84 Å². The van der Waals surface area contributed by atoms with Crippen molar-refractivity contribution in [2.24, 2.45) is 0 Å². The third-order valence-corrected chi connectivity index (χ3v) is 3.50. The molecule has 0 unspecified atom stereocenters. The first kappa shape index (κ1) is 11.8.